The summed E-state index contributed by atoms with van der Waals surface area (Å²) in [6.07, 6.45) is 0. The molecule has 0 amide bonds. The lowest BCUT2D eigenvalue weighted by atomic mass is 10.0. The third-order valence-corrected chi connectivity index (χ3v) is 11.7. The summed E-state index contributed by atoms with van der Waals surface area (Å²) < 4.78 is 5.38. The smallest absolute Gasteiger partial charge is 0.0540 e. The van der Waals surface area contributed by atoms with Crippen LogP contribution in [0.2, 0.25) is 0 Å². The highest BCUT2D eigenvalue weighted by atomic mass is 32.1. The Kier molecular flexibility index (Phi) is 5.98. The second-order valence-electron chi connectivity index (χ2n) is 12.1. The maximum Gasteiger partial charge on any atom is 0.0540 e. The minimum absolute atomic E-state index is 1.14. The van der Waals surface area contributed by atoms with Crippen LogP contribution in [0.5, 0.6) is 0 Å². The highest BCUT2D eigenvalue weighted by molar-refractivity contribution is 7.29. The first-order valence-corrected chi connectivity index (χ1v) is 17.6. The molecule has 10 aromatic rings. The van der Waals surface area contributed by atoms with Crippen LogP contribution < -0.4 is 4.90 Å². The van der Waals surface area contributed by atoms with E-state index in [9.17, 15) is 0 Å². The van der Waals surface area contributed by atoms with E-state index in [2.05, 4.69) is 169 Å². The molecule has 10 rings (SSSR count). The molecule has 0 unspecified atom stereocenters. The van der Waals surface area contributed by atoms with E-state index in [1.807, 2.05) is 22.7 Å². The zero-order chi connectivity index (χ0) is 30.9. The van der Waals surface area contributed by atoms with Crippen LogP contribution in [0.1, 0.15) is 0 Å². The fourth-order valence-corrected chi connectivity index (χ4v) is 9.68. The SMILES string of the molecule is c1ccc(-c2ccc(N(c3ccc4c(c3)sc3ccc5c6cc7ccccc7cc6sc5c34)c3cccc4ccccc34)cc2)cc1. The number of anilines is 3. The van der Waals surface area contributed by atoms with Crippen molar-refractivity contribution < 1.29 is 0 Å². The Morgan fingerprint density at radius 1 is 0.362 bits per heavy atom. The molecule has 8 aromatic carbocycles. The summed E-state index contributed by atoms with van der Waals surface area (Å²) in [5, 5.41) is 10.5. The van der Waals surface area contributed by atoms with Gasteiger partial charge in [0.15, 0.2) is 0 Å². The zero-order valence-corrected chi connectivity index (χ0v) is 27.0. The molecule has 0 aliphatic heterocycles. The molecule has 2 aromatic heterocycles. The predicted molar refractivity (Wildman–Crippen MR) is 207 cm³/mol. The maximum absolute atomic E-state index is 2.42. The molecule has 220 valence electrons. The lowest BCUT2D eigenvalue weighted by Gasteiger charge is -2.27. The standard InChI is InChI=1S/C44H27NS2/c1-2-9-28(10-3-1)29-17-19-33(20-18-29)45(39-16-8-14-30-11-6-7-15-35(30)39)34-21-22-37-42(27-34)46-40-24-23-36-38-25-31-12-4-5-13-32(31)26-41(38)47-44(36)43(37)40/h1-27H. The van der Waals surface area contributed by atoms with Gasteiger partial charge in [0.05, 0.1) is 5.69 Å². The van der Waals surface area contributed by atoms with Gasteiger partial charge in [0.1, 0.15) is 0 Å². The average molecular weight is 634 g/mol. The monoisotopic (exact) mass is 633 g/mol. The van der Waals surface area contributed by atoms with Gasteiger partial charge >= 0.3 is 0 Å². The summed E-state index contributed by atoms with van der Waals surface area (Å²) in [6.45, 7) is 0. The highest BCUT2D eigenvalue weighted by Gasteiger charge is 2.19. The number of hydrogen-bond acceptors (Lipinski definition) is 3. The van der Waals surface area contributed by atoms with Crippen molar-refractivity contribution >= 4 is 102 Å². The van der Waals surface area contributed by atoms with Crippen molar-refractivity contribution in [2.45, 2.75) is 0 Å². The predicted octanol–water partition coefficient (Wildman–Crippen LogP) is 13.9. The second kappa shape index (κ2) is 10.5. The number of thiophene rings is 2. The van der Waals surface area contributed by atoms with Crippen LogP contribution in [0.15, 0.2) is 164 Å². The van der Waals surface area contributed by atoms with Crippen molar-refractivity contribution in [3.8, 4) is 11.1 Å². The molecule has 0 spiro atoms. The number of rotatable bonds is 4. The van der Waals surface area contributed by atoms with Crippen LogP contribution in [-0.2, 0) is 0 Å². The van der Waals surface area contributed by atoms with E-state index in [0.717, 1.165) is 11.4 Å². The first kappa shape index (κ1) is 26.7. The Balaban J connectivity index is 1.17. The molecule has 47 heavy (non-hydrogen) atoms. The van der Waals surface area contributed by atoms with Gasteiger partial charge in [0, 0.05) is 57.1 Å². The normalized spacial score (nSPS) is 11.8. The van der Waals surface area contributed by atoms with E-state index in [4.69, 9.17) is 0 Å². The Hall–Kier alpha value is -5.48. The number of nitrogens with zero attached hydrogens (tertiary/aromatic N) is 1. The molecule has 0 aliphatic rings. The summed E-state index contributed by atoms with van der Waals surface area (Å²) >= 11 is 3.82. The van der Waals surface area contributed by atoms with Crippen LogP contribution in [0, 0.1) is 0 Å². The molecular formula is C44H27NS2. The van der Waals surface area contributed by atoms with E-state index < -0.39 is 0 Å². The molecule has 0 saturated heterocycles. The van der Waals surface area contributed by atoms with E-state index in [1.54, 1.807) is 0 Å². The molecular weight excluding hydrogens is 607 g/mol. The Labute approximate surface area is 280 Å². The van der Waals surface area contributed by atoms with Crippen LogP contribution >= 0.6 is 22.7 Å². The van der Waals surface area contributed by atoms with Gasteiger partial charge in [0.25, 0.3) is 0 Å². The van der Waals surface area contributed by atoms with Crippen molar-refractivity contribution in [1.29, 1.82) is 0 Å². The van der Waals surface area contributed by atoms with Gasteiger partial charge in [0.2, 0.25) is 0 Å². The van der Waals surface area contributed by atoms with Crippen molar-refractivity contribution in [2.24, 2.45) is 0 Å². The Morgan fingerprint density at radius 3 is 1.87 bits per heavy atom. The Morgan fingerprint density at radius 2 is 1.02 bits per heavy atom. The molecule has 0 radical (unpaired) electrons. The molecule has 0 N–H and O–H groups in total. The van der Waals surface area contributed by atoms with E-state index in [0.29, 0.717) is 0 Å². The average Bonchev–Trinajstić information content (AvgIpc) is 3.69. The molecule has 3 heteroatoms. The van der Waals surface area contributed by atoms with Gasteiger partial charge in [-0.2, -0.15) is 0 Å². The third-order valence-electron chi connectivity index (χ3n) is 9.42. The first-order chi connectivity index (χ1) is 23.3. The minimum atomic E-state index is 1.14. The van der Waals surface area contributed by atoms with Crippen molar-refractivity contribution in [2.75, 3.05) is 4.90 Å². The molecule has 0 bridgehead atoms. The summed E-state index contributed by atoms with van der Waals surface area (Å²) in [5.74, 6) is 0. The van der Waals surface area contributed by atoms with E-state index in [1.165, 1.54) is 78.7 Å². The fourth-order valence-electron chi connectivity index (χ4n) is 7.17. The number of fused-ring (bicyclic) bond motifs is 9. The lowest BCUT2D eigenvalue weighted by molar-refractivity contribution is 1.30. The summed E-state index contributed by atoms with van der Waals surface area (Å²) in [7, 11) is 0. The molecule has 0 fully saturated rings. The van der Waals surface area contributed by atoms with Crippen LogP contribution in [0.4, 0.5) is 17.1 Å². The highest BCUT2D eigenvalue weighted by Crippen LogP contribution is 2.47. The van der Waals surface area contributed by atoms with E-state index >= 15 is 0 Å². The van der Waals surface area contributed by atoms with Gasteiger partial charge in [-0.25, -0.2) is 0 Å². The van der Waals surface area contributed by atoms with E-state index in [-0.39, 0.29) is 0 Å². The van der Waals surface area contributed by atoms with Crippen molar-refractivity contribution in [1.82, 2.24) is 0 Å². The quantitative estimate of drug-likeness (QED) is 0.186. The topological polar surface area (TPSA) is 3.24 Å². The Bertz CT molecular complexity index is 2780. The summed E-state index contributed by atoms with van der Waals surface area (Å²) in [6, 6.07) is 60.0. The molecule has 2 heterocycles. The largest absolute Gasteiger partial charge is 0.310 e. The fraction of sp³-hybridized carbons (Fsp3) is 0. The van der Waals surface area contributed by atoms with Crippen molar-refractivity contribution in [3.05, 3.63) is 164 Å². The molecule has 0 saturated carbocycles. The van der Waals surface area contributed by atoms with Gasteiger partial charge in [-0.1, -0.05) is 115 Å². The third kappa shape index (κ3) is 4.28. The van der Waals surface area contributed by atoms with Gasteiger partial charge < -0.3 is 4.90 Å². The molecule has 0 aliphatic carbocycles. The zero-order valence-electron chi connectivity index (χ0n) is 25.4. The summed E-state index contributed by atoms with van der Waals surface area (Å²) in [4.78, 5) is 2.42. The molecule has 0 atom stereocenters. The number of benzene rings is 8. The maximum atomic E-state index is 2.42. The second-order valence-corrected chi connectivity index (χ2v) is 14.3. The van der Waals surface area contributed by atoms with Gasteiger partial charge in [-0.05, 0) is 75.8 Å². The minimum Gasteiger partial charge on any atom is -0.310 e. The van der Waals surface area contributed by atoms with Gasteiger partial charge in [-0.3, -0.25) is 0 Å². The first-order valence-electron chi connectivity index (χ1n) is 15.9. The van der Waals surface area contributed by atoms with Crippen LogP contribution in [-0.4, -0.2) is 0 Å². The summed E-state index contributed by atoms with van der Waals surface area (Å²) in [5.41, 5.74) is 5.91. The lowest BCUT2D eigenvalue weighted by Crippen LogP contribution is -2.10. The van der Waals surface area contributed by atoms with Crippen LogP contribution in [0.3, 0.4) is 0 Å². The molecule has 1 nitrogen and oxygen atoms in total. The number of hydrogen-bond donors (Lipinski definition) is 0. The van der Waals surface area contributed by atoms with Crippen molar-refractivity contribution in [3.63, 3.8) is 0 Å². The van der Waals surface area contributed by atoms with Gasteiger partial charge in [-0.15, -0.1) is 22.7 Å². The van der Waals surface area contributed by atoms with Crippen LogP contribution in [0.25, 0.3) is 73.0 Å².